The summed E-state index contributed by atoms with van der Waals surface area (Å²) in [6.45, 7) is 9.80. The third kappa shape index (κ3) is 2.53. The van der Waals surface area contributed by atoms with Gasteiger partial charge in [0, 0.05) is 12.1 Å². The summed E-state index contributed by atoms with van der Waals surface area (Å²) in [6.07, 6.45) is 3.66. The van der Waals surface area contributed by atoms with Gasteiger partial charge in [0.25, 0.3) is 0 Å². The summed E-state index contributed by atoms with van der Waals surface area (Å²) in [4.78, 5) is 2.20. The van der Waals surface area contributed by atoms with Crippen LogP contribution in [-0.4, -0.2) is 23.6 Å². The molecule has 0 aromatic heterocycles. The Morgan fingerprint density at radius 3 is 2.87 bits per heavy atom. The van der Waals surface area contributed by atoms with Crippen LogP contribution in [-0.2, 0) is 4.74 Å². The molecule has 0 aliphatic carbocycles. The van der Waals surface area contributed by atoms with Gasteiger partial charge in [-0.1, -0.05) is 0 Å². The van der Waals surface area contributed by atoms with E-state index in [4.69, 9.17) is 10.00 Å². The van der Waals surface area contributed by atoms with Gasteiger partial charge in [-0.3, -0.25) is 0 Å². The van der Waals surface area contributed by atoms with Gasteiger partial charge in [0.05, 0.1) is 11.6 Å². The second-order valence-electron chi connectivity index (χ2n) is 4.31. The molecule has 0 saturated carbocycles. The van der Waals surface area contributed by atoms with E-state index < -0.39 is 0 Å². The molecule has 0 amide bonds. The van der Waals surface area contributed by atoms with Crippen LogP contribution in [0.3, 0.4) is 0 Å². The van der Waals surface area contributed by atoms with E-state index in [-0.39, 0.29) is 5.54 Å². The molecular weight excluding hydrogens is 188 g/mol. The van der Waals surface area contributed by atoms with Gasteiger partial charge in [0.1, 0.15) is 6.61 Å². The molecule has 0 atom stereocenters. The number of allylic oxidation sites excluding steroid dienone is 3. The monoisotopic (exact) mass is 206 g/mol. The summed E-state index contributed by atoms with van der Waals surface area (Å²) in [5.74, 6) is 0.858. The standard InChI is InChI=1S/C12H18N2O/c1-5-14-11(7-6-10(2)8-13)15-9-12(14,3)4/h6-7H,5,9H2,1-4H3/b10-6-,11-7+. The minimum Gasteiger partial charge on any atom is -0.477 e. The highest BCUT2D eigenvalue weighted by Crippen LogP contribution is 2.28. The van der Waals surface area contributed by atoms with Crippen molar-refractivity contribution in [2.75, 3.05) is 13.2 Å². The third-order valence-corrected chi connectivity index (χ3v) is 2.54. The quantitative estimate of drug-likeness (QED) is 0.651. The van der Waals surface area contributed by atoms with Crippen molar-refractivity contribution in [3.63, 3.8) is 0 Å². The zero-order valence-electron chi connectivity index (χ0n) is 9.87. The fraction of sp³-hybridized carbons (Fsp3) is 0.583. The van der Waals surface area contributed by atoms with Crippen LogP contribution in [0.4, 0.5) is 0 Å². The molecule has 0 bridgehead atoms. The van der Waals surface area contributed by atoms with E-state index in [0.29, 0.717) is 12.2 Å². The van der Waals surface area contributed by atoms with Crippen molar-refractivity contribution in [2.24, 2.45) is 0 Å². The smallest absolute Gasteiger partial charge is 0.189 e. The first-order valence-electron chi connectivity index (χ1n) is 5.20. The Kier molecular flexibility index (Phi) is 3.41. The number of hydrogen-bond acceptors (Lipinski definition) is 3. The van der Waals surface area contributed by atoms with Crippen LogP contribution in [0.15, 0.2) is 23.6 Å². The van der Waals surface area contributed by atoms with E-state index in [2.05, 4.69) is 31.7 Å². The molecule has 3 heteroatoms. The first kappa shape index (κ1) is 11.6. The molecule has 0 radical (unpaired) electrons. The summed E-state index contributed by atoms with van der Waals surface area (Å²) in [5.41, 5.74) is 0.737. The fourth-order valence-electron chi connectivity index (χ4n) is 1.66. The maximum Gasteiger partial charge on any atom is 0.189 e. The number of likely N-dealkylation sites (N-methyl/N-ethyl adjacent to an activating group) is 1. The van der Waals surface area contributed by atoms with Gasteiger partial charge >= 0.3 is 0 Å². The second kappa shape index (κ2) is 4.39. The van der Waals surface area contributed by atoms with E-state index in [1.54, 1.807) is 13.0 Å². The number of ether oxygens (including phenoxy) is 1. The minimum atomic E-state index is 0.0506. The second-order valence-corrected chi connectivity index (χ2v) is 4.31. The predicted molar refractivity (Wildman–Crippen MR) is 59.9 cm³/mol. The predicted octanol–water partition coefficient (Wildman–Crippen LogP) is 2.43. The first-order chi connectivity index (χ1) is 7.01. The van der Waals surface area contributed by atoms with Crippen LogP contribution in [0.25, 0.3) is 0 Å². The van der Waals surface area contributed by atoms with Crippen molar-refractivity contribution in [3.8, 4) is 6.07 Å². The molecule has 0 spiro atoms. The highest BCUT2D eigenvalue weighted by molar-refractivity contribution is 5.25. The molecule has 1 saturated heterocycles. The number of rotatable bonds is 2. The minimum absolute atomic E-state index is 0.0506. The van der Waals surface area contributed by atoms with E-state index in [0.717, 1.165) is 12.4 Å². The van der Waals surface area contributed by atoms with Crippen molar-refractivity contribution in [1.82, 2.24) is 4.90 Å². The molecule has 1 heterocycles. The van der Waals surface area contributed by atoms with E-state index >= 15 is 0 Å². The van der Waals surface area contributed by atoms with E-state index in [1.807, 2.05) is 6.08 Å². The topological polar surface area (TPSA) is 36.3 Å². The van der Waals surface area contributed by atoms with Crippen molar-refractivity contribution in [2.45, 2.75) is 33.2 Å². The highest BCUT2D eigenvalue weighted by atomic mass is 16.5. The Balaban J connectivity index is 2.86. The third-order valence-electron chi connectivity index (χ3n) is 2.54. The number of hydrogen-bond donors (Lipinski definition) is 0. The maximum atomic E-state index is 8.63. The fourth-order valence-corrected chi connectivity index (χ4v) is 1.66. The van der Waals surface area contributed by atoms with Crippen LogP contribution >= 0.6 is 0 Å². The molecule has 1 aliphatic rings. The SMILES string of the molecule is CCN1/C(=C\C=C(\C)C#N)OCC1(C)C. The molecule has 3 nitrogen and oxygen atoms in total. The Bertz CT molecular complexity index is 334. The molecule has 0 unspecified atom stereocenters. The maximum absolute atomic E-state index is 8.63. The van der Waals surface area contributed by atoms with Crippen molar-refractivity contribution >= 4 is 0 Å². The Labute approximate surface area is 91.6 Å². The average molecular weight is 206 g/mol. The Morgan fingerprint density at radius 1 is 1.67 bits per heavy atom. The van der Waals surface area contributed by atoms with Crippen molar-refractivity contribution in [3.05, 3.63) is 23.6 Å². The van der Waals surface area contributed by atoms with Gasteiger partial charge in [-0.25, -0.2) is 0 Å². The van der Waals surface area contributed by atoms with Gasteiger partial charge in [0.15, 0.2) is 5.88 Å². The molecule has 1 rings (SSSR count). The van der Waals surface area contributed by atoms with Crippen LogP contribution in [0.5, 0.6) is 0 Å². The highest BCUT2D eigenvalue weighted by Gasteiger charge is 2.35. The van der Waals surface area contributed by atoms with Gasteiger partial charge in [0.2, 0.25) is 0 Å². The summed E-state index contributed by atoms with van der Waals surface area (Å²) >= 11 is 0. The number of nitrogens with zero attached hydrogens (tertiary/aromatic N) is 2. The molecule has 0 aromatic carbocycles. The average Bonchev–Trinajstić information content (AvgIpc) is 2.49. The lowest BCUT2D eigenvalue weighted by Crippen LogP contribution is -2.39. The van der Waals surface area contributed by atoms with Crippen LogP contribution < -0.4 is 0 Å². The van der Waals surface area contributed by atoms with Gasteiger partial charge < -0.3 is 9.64 Å². The Hall–Kier alpha value is -1.43. The lowest BCUT2D eigenvalue weighted by atomic mass is 10.1. The van der Waals surface area contributed by atoms with E-state index in [9.17, 15) is 0 Å². The van der Waals surface area contributed by atoms with Crippen LogP contribution in [0.1, 0.15) is 27.7 Å². The molecule has 1 aliphatic heterocycles. The summed E-state index contributed by atoms with van der Waals surface area (Å²) in [5, 5.41) is 8.63. The molecule has 82 valence electrons. The molecule has 0 aromatic rings. The summed E-state index contributed by atoms with van der Waals surface area (Å²) in [7, 11) is 0. The van der Waals surface area contributed by atoms with Gasteiger partial charge in [-0.2, -0.15) is 5.26 Å². The molecule has 0 N–H and O–H groups in total. The zero-order chi connectivity index (χ0) is 11.5. The van der Waals surface area contributed by atoms with Crippen LogP contribution in [0, 0.1) is 11.3 Å². The van der Waals surface area contributed by atoms with Gasteiger partial charge in [-0.15, -0.1) is 0 Å². The zero-order valence-corrected chi connectivity index (χ0v) is 9.87. The van der Waals surface area contributed by atoms with Crippen molar-refractivity contribution in [1.29, 1.82) is 5.26 Å². The first-order valence-corrected chi connectivity index (χ1v) is 5.20. The molecule has 1 fully saturated rings. The summed E-state index contributed by atoms with van der Waals surface area (Å²) < 4.78 is 5.60. The number of nitriles is 1. The molecule has 15 heavy (non-hydrogen) atoms. The van der Waals surface area contributed by atoms with Gasteiger partial charge in [-0.05, 0) is 39.8 Å². The van der Waals surface area contributed by atoms with Crippen molar-refractivity contribution < 1.29 is 4.74 Å². The largest absolute Gasteiger partial charge is 0.477 e. The Morgan fingerprint density at radius 2 is 2.33 bits per heavy atom. The summed E-state index contributed by atoms with van der Waals surface area (Å²) in [6, 6.07) is 2.08. The lowest BCUT2D eigenvalue weighted by Gasteiger charge is -2.28. The normalized spacial score (nSPS) is 22.7. The molecular formula is C12H18N2O. The van der Waals surface area contributed by atoms with Crippen LogP contribution in [0.2, 0.25) is 0 Å². The lowest BCUT2D eigenvalue weighted by molar-refractivity contribution is 0.228. The van der Waals surface area contributed by atoms with E-state index in [1.165, 1.54) is 0 Å².